The highest BCUT2D eigenvalue weighted by Gasteiger charge is 2.22. The Bertz CT molecular complexity index is 253. The van der Waals surface area contributed by atoms with Crippen LogP contribution in [0, 0.1) is 0 Å². The SMILES string of the molecule is C=C(C)C(=O)CCNC(=O)C(C)(C)Br. The first kappa shape index (κ1) is 13.4. The molecule has 0 aromatic rings. The van der Waals surface area contributed by atoms with Crippen molar-refractivity contribution in [3.05, 3.63) is 12.2 Å². The molecule has 80 valence electrons. The van der Waals surface area contributed by atoms with E-state index in [1.807, 2.05) is 0 Å². The van der Waals surface area contributed by atoms with E-state index in [2.05, 4.69) is 27.8 Å². The van der Waals surface area contributed by atoms with Crippen LogP contribution in [-0.4, -0.2) is 22.6 Å². The number of halogens is 1. The van der Waals surface area contributed by atoms with Crippen LogP contribution < -0.4 is 5.32 Å². The Labute approximate surface area is 93.1 Å². The van der Waals surface area contributed by atoms with Crippen LogP contribution in [0.4, 0.5) is 0 Å². The molecule has 14 heavy (non-hydrogen) atoms. The molecule has 0 aromatic carbocycles. The Balaban J connectivity index is 3.82. The molecule has 0 atom stereocenters. The van der Waals surface area contributed by atoms with Gasteiger partial charge in [0.05, 0.1) is 4.32 Å². The zero-order valence-corrected chi connectivity index (χ0v) is 10.4. The molecule has 1 N–H and O–H groups in total. The van der Waals surface area contributed by atoms with E-state index in [-0.39, 0.29) is 11.7 Å². The van der Waals surface area contributed by atoms with Gasteiger partial charge >= 0.3 is 0 Å². The standard InChI is InChI=1S/C10H16BrNO2/c1-7(2)8(13)5-6-12-9(14)10(3,4)11/h1,5-6H2,2-4H3,(H,12,14). The molecule has 3 nitrogen and oxygen atoms in total. The maximum atomic E-state index is 11.3. The van der Waals surface area contributed by atoms with Crippen LogP contribution >= 0.6 is 15.9 Å². The van der Waals surface area contributed by atoms with Crippen LogP contribution in [0.25, 0.3) is 0 Å². The van der Waals surface area contributed by atoms with Crippen molar-refractivity contribution in [3.8, 4) is 0 Å². The van der Waals surface area contributed by atoms with Crippen molar-refractivity contribution in [2.24, 2.45) is 0 Å². The highest BCUT2D eigenvalue weighted by atomic mass is 79.9. The molecule has 4 heteroatoms. The number of rotatable bonds is 5. The van der Waals surface area contributed by atoms with E-state index >= 15 is 0 Å². The summed E-state index contributed by atoms with van der Waals surface area (Å²) in [6, 6.07) is 0. The molecule has 0 radical (unpaired) electrons. The molecule has 0 aromatic heterocycles. The van der Waals surface area contributed by atoms with Crippen molar-refractivity contribution in [3.63, 3.8) is 0 Å². The summed E-state index contributed by atoms with van der Waals surface area (Å²) in [6.07, 6.45) is 0.310. The number of ketones is 1. The Morgan fingerprint density at radius 2 is 1.93 bits per heavy atom. The average molecular weight is 262 g/mol. The number of allylic oxidation sites excluding steroid dienone is 1. The number of hydrogen-bond acceptors (Lipinski definition) is 2. The molecule has 0 aliphatic rings. The number of alkyl halides is 1. The Morgan fingerprint density at radius 3 is 2.29 bits per heavy atom. The van der Waals surface area contributed by atoms with Gasteiger partial charge in [0.15, 0.2) is 5.78 Å². The summed E-state index contributed by atoms with van der Waals surface area (Å²) in [7, 11) is 0. The molecule has 0 heterocycles. The minimum atomic E-state index is -0.584. The summed E-state index contributed by atoms with van der Waals surface area (Å²) in [6.45, 7) is 9.06. The van der Waals surface area contributed by atoms with E-state index in [9.17, 15) is 9.59 Å². The second-order valence-electron chi connectivity index (χ2n) is 3.68. The van der Waals surface area contributed by atoms with Crippen LogP contribution in [0.5, 0.6) is 0 Å². The molecule has 0 spiro atoms. The summed E-state index contributed by atoms with van der Waals surface area (Å²) < 4.78 is -0.584. The molecule has 0 saturated heterocycles. The number of carbonyl (C=O) groups is 2. The largest absolute Gasteiger partial charge is 0.354 e. The van der Waals surface area contributed by atoms with Crippen LogP contribution in [0.2, 0.25) is 0 Å². The highest BCUT2D eigenvalue weighted by molar-refractivity contribution is 9.10. The van der Waals surface area contributed by atoms with Crippen molar-refractivity contribution in [1.29, 1.82) is 0 Å². The molecule has 0 fully saturated rings. The van der Waals surface area contributed by atoms with E-state index in [0.717, 1.165) is 0 Å². The fourth-order valence-electron chi connectivity index (χ4n) is 0.713. The molecule has 0 saturated carbocycles. The van der Waals surface area contributed by atoms with Gasteiger partial charge in [-0.25, -0.2) is 0 Å². The number of hydrogen-bond donors (Lipinski definition) is 1. The second-order valence-corrected chi connectivity index (χ2v) is 5.66. The predicted molar refractivity (Wildman–Crippen MR) is 60.5 cm³/mol. The first-order chi connectivity index (χ1) is 6.25. The van der Waals surface area contributed by atoms with Crippen LogP contribution in [0.1, 0.15) is 27.2 Å². The summed E-state index contributed by atoms with van der Waals surface area (Å²) in [4.78, 5) is 22.4. The smallest absolute Gasteiger partial charge is 0.236 e. The fraction of sp³-hybridized carbons (Fsp3) is 0.600. The molecule has 0 unspecified atom stereocenters. The molecule has 0 aliphatic heterocycles. The first-order valence-corrected chi connectivity index (χ1v) is 5.20. The number of amides is 1. The van der Waals surface area contributed by atoms with Gasteiger partial charge in [0, 0.05) is 13.0 Å². The molecule has 0 rings (SSSR count). The summed E-state index contributed by atoms with van der Waals surface area (Å²) in [5.74, 6) is -0.135. The van der Waals surface area contributed by atoms with Crippen molar-refractivity contribution in [2.45, 2.75) is 31.5 Å². The van der Waals surface area contributed by atoms with Gasteiger partial charge in [-0.2, -0.15) is 0 Å². The van der Waals surface area contributed by atoms with Gasteiger partial charge in [-0.15, -0.1) is 0 Å². The lowest BCUT2D eigenvalue weighted by atomic mass is 10.1. The van der Waals surface area contributed by atoms with E-state index in [1.165, 1.54) is 0 Å². The van der Waals surface area contributed by atoms with Crippen molar-refractivity contribution in [1.82, 2.24) is 5.32 Å². The van der Waals surface area contributed by atoms with Gasteiger partial charge in [-0.3, -0.25) is 9.59 Å². The van der Waals surface area contributed by atoms with Crippen molar-refractivity contribution < 1.29 is 9.59 Å². The van der Waals surface area contributed by atoms with E-state index in [0.29, 0.717) is 18.5 Å². The second kappa shape index (κ2) is 5.29. The van der Waals surface area contributed by atoms with E-state index in [1.54, 1.807) is 20.8 Å². The Morgan fingerprint density at radius 1 is 1.43 bits per heavy atom. The number of carbonyl (C=O) groups excluding carboxylic acids is 2. The Kier molecular flexibility index (Phi) is 5.05. The summed E-state index contributed by atoms with van der Waals surface area (Å²) in [5.41, 5.74) is 0.525. The van der Waals surface area contributed by atoms with Crippen molar-refractivity contribution in [2.75, 3.05) is 6.54 Å². The van der Waals surface area contributed by atoms with Gasteiger partial charge in [0.1, 0.15) is 0 Å². The predicted octanol–water partition coefficient (Wildman–Crippen LogP) is 1.81. The van der Waals surface area contributed by atoms with E-state index in [4.69, 9.17) is 0 Å². The third-order valence-corrected chi connectivity index (χ3v) is 2.01. The lowest BCUT2D eigenvalue weighted by molar-refractivity contribution is -0.122. The first-order valence-electron chi connectivity index (χ1n) is 4.41. The normalized spacial score (nSPS) is 10.9. The van der Waals surface area contributed by atoms with Crippen molar-refractivity contribution >= 4 is 27.6 Å². The number of nitrogens with one attached hydrogen (secondary N) is 1. The zero-order chi connectivity index (χ0) is 11.4. The van der Waals surface area contributed by atoms with Gasteiger partial charge in [0.2, 0.25) is 5.91 Å². The summed E-state index contributed by atoms with van der Waals surface area (Å²) >= 11 is 3.23. The third-order valence-electron chi connectivity index (χ3n) is 1.65. The Hall–Kier alpha value is -0.640. The average Bonchev–Trinajstić information content (AvgIpc) is 2.01. The van der Waals surface area contributed by atoms with Crippen LogP contribution in [0.15, 0.2) is 12.2 Å². The van der Waals surface area contributed by atoms with E-state index < -0.39 is 4.32 Å². The third kappa shape index (κ3) is 5.17. The van der Waals surface area contributed by atoms with Gasteiger partial charge in [0.25, 0.3) is 0 Å². The maximum absolute atomic E-state index is 11.3. The number of Topliss-reactive ketones (excluding diaryl/α,β-unsaturated/α-hetero) is 1. The van der Waals surface area contributed by atoms with Crippen LogP contribution in [-0.2, 0) is 9.59 Å². The molecular formula is C10H16BrNO2. The monoisotopic (exact) mass is 261 g/mol. The lowest BCUT2D eigenvalue weighted by Crippen LogP contribution is -2.38. The molecule has 1 amide bonds. The minimum absolute atomic E-state index is 0.0160. The molecule has 0 aliphatic carbocycles. The highest BCUT2D eigenvalue weighted by Crippen LogP contribution is 2.15. The quantitative estimate of drug-likeness (QED) is 0.606. The molecule has 0 bridgehead atoms. The fourth-order valence-corrected chi connectivity index (χ4v) is 0.853. The van der Waals surface area contributed by atoms with Gasteiger partial charge in [-0.1, -0.05) is 22.5 Å². The van der Waals surface area contributed by atoms with Gasteiger partial charge < -0.3 is 5.32 Å². The maximum Gasteiger partial charge on any atom is 0.236 e. The zero-order valence-electron chi connectivity index (χ0n) is 8.82. The topological polar surface area (TPSA) is 46.2 Å². The lowest BCUT2D eigenvalue weighted by Gasteiger charge is -2.15. The van der Waals surface area contributed by atoms with Crippen LogP contribution in [0.3, 0.4) is 0 Å². The summed E-state index contributed by atoms with van der Waals surface area (Å²) in [5, 5.41) is 2.66. The molecular weight excluding hydrogens is 246 g/mol. The minimum Gasteiger partial charge on any atom is -0.354 e. The van der Waals surface area contributed by atoms with Gasteiger partial charge in [-0.05, 0) is 26.3 Å².